The number of hydrogen-bond donors (Lipinski definition) is 0. The maximum atomic E-state index is 11.6. The van der Waals surface area contributed by atoms with Gasteiger partial charge in [-0.25, -0.2) is 0 Å². The molecule has 0 fully saturated rings. The molecule has 0 heterocycles. The molecule has 4 heteroatoms. The number of carbonyl (C=O) groups excluding carboxylic acids is 2. The fraction of sp³-hybridized carbons (Fsp3) is 0.0588. The molecule has 0 saturated carbocycles. The van der Waals surface area contributed by atoms with Crippen LogP contribution in [0.25, 0.3) is 0 Å². The molecule has 102 valence electrons. The van der Waals surface area contributed by atoms with Gasteiger partial charge in [-0.2, -0.15) is 10.2 Å². The average molecular weight is 276 g/mol. The van der Waals surface area contributed by atoms with Crippen molar-refractivity contribution in [2.45, 2.75) is 5.92 Å². The fourth-order valence-corrected chi connectivity index (χ4v) is 2.17. The zero-order valence-corrected chi connectivity index (χ0v) is 11.1. The minimum absolute atomic E-state index is 0.168. The van der Waals surface area contributed by atoms with Crippen LogP contribution in [0.2, 0.25) is 0 Å². The summed E-state index contributed by atoms with van der Waals surface area (Å²) in [7, 11) is 0. The smallest absolute Gasteiger partial charge is 0.171 e. The third kappa shape index (κ3) is 2.84. The van der Waals surface area contributed by atoms with Gasteiger partial charge in [-0.15, -0.1) is 0 Å². The minimum Gasteiger partial charge on any atom is -0.294 e. The number of carbonyl (C=O) groups is 2. The Bertz CT molecular complexity index is 713. The molecular formula is C17H12N2O2. The van der Waals surface area contributed by atoms with Crippen LogP contribution < -0.4 is 0 Å². The van der Waals surface area contributed by atoms with Crippen LogP contribution in [-0.4, -0.2) is 11.6 Å². The summed E-state index contributed by atoms with van der Waals surface area (Å²) in [6.45, 7) is 0. The lowest BCUT2D eigenvalue weighted by Gasteiger charge is -2.06. The van der Waals surface area contributed by atoms with Gasteiger partial charge >= 0.3 is 0 Å². The van der Waals surface area contributed by atoms with Crippen LogP contribution in [0, 0.1) is 0 Å². The van der Waals surface area contributed by atoms with Gasteiger partial charge in [-0.1, -0.05) is 30.3 Å². The number of azo groups is 1. The lowest BCUT2D eigenvalue weighted by Crippen LogP contribution is -2.12. The first kappa shape index (κ1) is 13.1. The van der Waals surface area contributed by atoms with Gasteiger partial charge < -0.3 is 0 Å². The van der Waals surface area contributed by atoms with E-state index in [1.807, 2.05) is 30.3 Å². The number of rotatable bonds is 3. The highest BCUT2D eigenvalue weighted by Gasteiger charge is 2.29. The summed E-state index contributed by atoms with van der Waals surface area (Å²) in [5.41, 5.74) is 2.13. The first-order valence-corrected chi connectivity index (χ1v) is 6.56. The van der Waals surface area contributed by atoms with Crippen molar-refractivity contribution in [3.8, 4) is 0 Å². The van der Waals surface area contributed by atoms with Crippen LogP contribution in [0.5, 0.6) is 0 Å². The first-order valence-electron chi connectivity index (χ1n) is 6.56. The quantitative estimate of drug-likeness (QED) is 0.630. The Hall–Kier alpha value is -2.88. The van der Waals surface area contributed by atoms with Crippen LogP contribution >= 0.6 is 0 Å². The second-order valence-electron chi connectivity index (χ2n) is 4.70. The summed E-state index contributed by atoms with van der Waals surface area (Å²) in [6, 6.07) is 16.4. The average Bonchev–Trinajstić information content (AvgIpc) is 2.86. The van der Waals surface area contributed by atoms with Crippen LogP contribution in [-0.2, 0) is 9.59 Å². The molecule has 4 nitrogen and oxygen atoms in total. The van der Waals surface area contributed by atoms with Crippen molar-refractivity contribution < 1.29 is 9.59 Å². The third-order valence-electron chi connectivity index (χ3n) is 3.24. The Kier molecular flexibility index (Phi) is 3.51. The molecular weight excluding hydrogens is 264 g/mol. The number of hydrogen-bond acceptors (Lipinski definition) is 4. The molecule has 0 atom stereocenters. The molecule has 0 radical (unpaired) electrons. The molecule has 0 saturated heterocycles. The van der Waals surface area contributed by atoms with Crippen molar-refractivity contribution in [1.29, 1.82) is 0 Å². The number of ketones is 2. The van der Waals surface area contributed by atoms with E-state index in [2.05, 4.69) is 10.2 Å². The zero-order chi connectivity index (χ0) is 14.7. The van der Waals surface area contributed by atoms with Crippen molar-refractivity contribution in [2.24, 2.45) is 10.2 Å². The summed E-state index contributed by atoms with van der Waals surface area (Å²) in [4.78, 5) is 23.3. The van der Waals surface area contributed by atoms with Crippen LogP contribution in [0.1, 0.15) is 11.5 Å². The van der Waals surface area contributed by atoms with Crippen LogP contribution in [0.15, 0.2) is 77.0 Å². The van der Waals surface area contributed by atoms with E-state index in [0.29, 0.717) is 11.3 Å². The summed E-state index contributed by atoms with van der Waals surface area (Å²) >= 11 is 0. The van der Waals surface area contributed by atoms with Gasteiger partial charge in [-0.05, 0) is 42.0 Å². The van der Waals surface area contributed by atoms with E-state index in [4.69, 9.17) is 0 Å². The monoisotopic (exact) mass is 276 g/mol. The van der Waals surface area contributed by atoms with E-state index < -0.39 is 5.92 Å². The van der Waals surface area contributed by atoms with Gasteiger partial charge in [0.1, 0.15) is 5.92 Å². The Morgan fingerprint density at radius 2 is 1.19 bits per heavy atom. The molecule has 0 spiro atoms. The number of allylic oxidation sites excluding steroid dienone is 2. The molecule has 0 aliphatic heterocycles. The van der Waals surface area contributed by atoms with Gasteiger partial charge in [0.25, 0.3) is 0 Å². The van der Waals surface area contributed by atoms with Crippen LogP contribution in [0.4, 0.5) is 11.4 Å². The van der Waals surface area contributed by atoms with Gasteiger partial charge in [0.05, 0.1) is 11.4 Å². The van der Waals surface area contributed by atoms with Crippen molar-refractivity contribution in [2.75, 3.05) is 0 Å². The second-order valence-corrected chi connectivity index (χ2v) is 4.70. The lowest BCUT2D eigenvalue weighted by molar-refractivity contribution is -0.122. The van der Waals surface area contributed by atoms with Crippen LogP contribution in [0.3, 0.4) is 0 Å². The maximum Gasteiger partial charge on any atom is 0.171 e. The summed E-state index contributed by atoms with van der Waals surface area (Å²) < 4.78 is 0. The van der Waals surface area contributed by atoms with E-state index in [1.54, 1.807) is 24.3 Å². The normalized spacial score (nSPS) is 15.2. The minimum atomic E-state index is -0.690. The molecule has 3 rings (SSSR count). The Morgan fingerprint density at radius 1 is 0.667 bits per heavy atom. The van der Waals surface area contributed by atoms with E-state index >= 15 is 0 Å². The largest absolute Gasteiger partial charge is 0.294 e. The fourth-order valence-electron chi connectivity index (χ4n) is 2.17. The second kappa shape index (κ2) is 5.63. The molecule has 2 aromatic rings. The molecule has 1 aliphatic rings. The summed E-state index contributed by atoms with van der Waals surface area (Å²) in [5, 5.41) is 8.23. The summed E-state index contributed by atoms with van der Waals surface area (Å²) in [5.74, 6) is -1.03. The standard InChI is InChI=1S/C17H12N2O2/c20-15-10-11-16(21)17(15)12-6-8-14(9-7-12)19-18-13-4-2-1-3-5-13/h1-11,17H. The topological polar surface area (TPSA) is 58.9 Å². The van der Waals surface area contributed by atoms with Crippen molar-refractivity contribution in [1.82, 2.24) is 0 Å². The van der Waals surface area contributed by atoms with E-state index in [-0.39, 0.29) is 11.6 Å². The van der Waals surface area contributed by atoms with E-state index in [0.717, 1.165) is 5.69 Å². The molecule has 2 aromatic carbocycles. The molecule has 0 bridgehead atoms. The highest BCUT2D eigenvalue weighted by Crippen LogP contribution is 2.26. The predicted octanol–water partition coefficient (Wildman–Crippen LogP) is 3.89. The third-order valence-corrected chi connectivity index (χ3v) is 3.24. The Labute approximate surface area is 121 Å². The maximum absolute atomic E-state index is 11.6. The van der Waals surface area contributed by atoms with E-state index in [1.165, 1.54) is 12.2 Å². The summed E-state index contributed by atoms with van der Waals surface area (Å²) in [6.07, 6.45) is 2.66. The Balaban J connectivity index is 1.77. The van der Waals surface area contributed by atoms with Gasteiger partial charge in [0, 0.05) is 0 Å². The Morgan fingerprint density at radius 3 is 1.76 bits per heavy atom. The van der Waals surface area contributed by atoms with Crippen molar-refractivity contribution >= 4 is 22.9 Å². The SMILES string of the molecule is O=C1C=CC(=O)C1c1ccc(N=Nc2ccccc2)cc1. The highest BCUT2D eigenvalue weighted by molar-refractivity contribution is 6.22. The van der Waals surface area contributed by atoms with Gasteiger partial charge in [0.2, 0.25) is 0 Å². The van der Waals surface area contributed by atoms with Crippen molar-refractivity contribution in [3.05, 3.63) is 72.3 Å². The highest BCUT2D eigenvalue weighted by atomic mass is 16.2. The predicted molar refractivity (Wildman–Crippen MR) is 79.0 cm³/mol. The molecule has 0 N–H and O–H groups in total. The first-order chi connectivity index (χ1) is 10.2. The molecule has 1 aliphatic carbocycles. The molecule has 0 aromatic heterocycles. The van der Waals surface area contributed by atoms with Crippen molar-refractivity contribution in [3.63, 3.8) is 0 Å². The zero-order valence-electron chi connectivity index (χ0n) is 11.1. The molecule has 0 unspecified atom stereocenters. The molecule has 21 heavy (non-hydrogen) atoms. The van der Waals surface area contributed by atoms with E-state index in [9.17, 15) is 9.59 Å². The lowest BCUT2D eigenvalue weighted by atomic mass is 9.95. The van der Waals surface area contributed by atoms with Gasteiger partial charge in [-0.3, -0.25) is 9.59 Å². The number of benzene rings is 2. The number of nitrogens with zero attached hydrogens (tertiary/aromatic N) is 2. The molecule has 0 amide bonds. The van der Waals surface area contributed by atoms with Gasteiger partial charge in [0.15, 0.2) is 11.6 Å².